The quantitative estimate of drug-likeness (QED) is 0.638. The molecule has 0 bridgehead atoms. The Hall–Kier alpha value is -3.02. The molecule has 0 radical (unpaired) electrons. The van der Waals surface area contributed by atoms with Crippen LogP contribution in [0.3, 0.4) is 0 Å². The fraction of sp³-hybridized carbons (Fsp3) is 0.440. The number of hydrogen-bond donors (Lipinski definition) is 2. The van der Waals surface area contributed by atoms with Crippen molar-refractivity contribution < 1.29 is 9.59 Å². The van der Waals surface area contributed by atoms with Gasteiger partial charge in [0.15, 0.2) is 0 Å². The topological polar surface area (TPSA) is 64.7 Å². The second-order valence-corrected chi connectivity index (χ2v) is 8.29. The summed E-state index contributed by atoms with van der Waals surface area (Å²) in [7, 11) is 0. The highest BCUT2D eigenvalue weighted by molar-refractivity contribution is 6.04. The molecule has 0 unspecified atom stereocenters. The molecule has 3 amide bonds. The van der Waals surface area contributed by atoms with Gasteiger partial charge in [-0.25, -0.2) is 4.79 Å². The van der Waals surface area contributed by atoms with E-state index in [9.17, 15) is 9.59 Å². The lowest BCUT2D eigenvalue weighted by Gasteiger charge is -2.27. The maximum atomic E-state index is 12.6. The van der Waals surface area contributed by atoms with Crippen LogP contribution < -0.4 is 15.5 Å². The molecule has 0 atom stereocenters. The van der Waals surface area contributed by atoms with E-state index in [1.54, 1.807) is 0 Å². The van der Waals surface area contributed by atoms with E-state index in [2.05, 4.69) is 36.3 Å². The highest BCUT2D eigenvalue weighted by atomic mass is 16.2. The van der Waals surface area contributed by atoms with Crippen LogP contribution in [0.2, 0.25) is 0 Å². The van der Waals surface area contributed by atoms with Crippen molar-refractivity contribution in [1.29, 1.82) is 0 Å². The lowest BCUT2D eigenvalue weighted by molar-refractivity contribution is 0.102. The largest absolute Gasteiger partial charge is 0.369 e. The van der Waals surface area contributed by atoms with E-state index in [-0.39, 0.29) is 11.9 Å². The zero-order valence-corrected chi connectivity index (χ0v) is 18.9. The fourth-order valence-electron chi connectivity index (χ4n) is 3.97. The maximum absolute atomic E-state index is 12.6. The Balaban J connectivity index is 1.56. The standard InChI is InChI=1S/C25H34N4O2/c1-4-29(19(2)3)23-15-9-20(10-16-23)24(30)26-21-11-13-22(14-12-21)27-25(31)28-17-7-5-6-8-18-28/h9-16,19H,4-8,17-18H2,1-3H3,(H,26,30)(H,27,31). The Morgan fingerprint density at radius 3 is 1.94 bits per heavy atom. The number of rotatable bonds is 6. The summed E-state index contributed by atoms with van der Waals surface area (Å²) in [4.78, 5) is 29.2. The molecule has 0 aromatic heterocycles. The first-order valence-electron chi connectivity index (χ1n) is 11.3. The molecular formula is C25H34N4O2. The fourth-order valence-corrected chi connectivity index (χ4v) is 3.97. The van der Waals surface area contributed by atoms with Crippen molar-refractivity contribution in [3.63, 3.8) is 0 Å². The number of nitrogens with zero attached hydrogens (tertiary/aromatic N) is 2. The second-order valence-electron chi connectivity index (χ2n) is 8.29. The highest BCUT2D eigenvalue weighted by Crippen LogP contribution is 2.20. The van der Waals surface area contributed by atoms with Crippen LogP contribution >= 0.6 is 0 Å². The van der Waals surface area contributed by atoms with Crippen LogP contribution in [0.25, 0.3) is 0 Å². The smallest absolute Gasteiger partial charge is 0.321 e. The molecule has 1 fully saturated rings. The second kappa shape index (κ2) is 10.8. The molecule has 6 heteroatoms. The number of anilines is 3. The van der Waals surface area contributed by atoms with Gasteiger partial charge >= 0.3 is 6.03 Å². The zero-order valence-electron chi connectivity index (χ0n) is 18.9. The minimum atomic E-state index is -0.152. The summed E-state index contributed by atoms with van der Waals surface area (Å²) < 4.78 is 0. The number of nitrogens with one attached hydrogen (secondary N) is 2. The molecule has 0 aliphatic carbocycles. The number of benzene rings is 2. The molecule has 2 aromatic rings. The van der Waals surface area contributed by atoms with E-state index in [4.69, 9.17) is 0 Å². The van der Waals surface area contributed by atoms with Gasteiger partial charge in [0, 0.05) is 48.3 Å². The molecule has 1 aliphatic heterocycles. The van der Waals surface area contributed by atoms with Gasteiger partial charge in [0.1, 0.15) is 0 Å². The van der Waals surface area contributed by atoms with Crippen molar-refractivity contribution in [2.24, 2.45) is 0 Å². The van der Waals surface area contributed by atoms with Crippen LogP contribution in [0.1, 0.15) is 56.8 Å². The van der Waals surface area contributed by atoms with Crippen molar-refractivity contribution in [2.45, 2.75) is 52.5 Å². The molecule has 31 heavy (non-hydrogen) atoms. The van der Waals surface area contributed by atoms with Gasteiger partial charge in [0.05, 0.1) is 0 Å². The SMILES string of the molecule is CCN(c1ccc(C(=O)Nc2ccc(NC(=O)N3CCCCCC3)cc2)cc1)C(C)C. The molecule has 6 nitrogen and oxygen atoms in total. The summed E-state index contributed by atoms with van der Waals surface area (Å²) in [6, 6.07) is 15.3. The van der Waals surface area contributed by atoms with E-state index in [0.717, 1.165) is 43.9 Å². The third-order valence-electron chi connectivity index (χ3n) is 5.71. The van der Waals surface area contributed by atoms with Crippen LogP contribution in [0.5, 0.6) is 0 Å². The monoisotopic (exact) mass is 422 g/mol. The summed E-state index contributed by atoms with van der Waals surface area (Å²) in [6.45, 7) is 8.98. The van der Waals surface area contributed by atoms with Gasteiger partial charge < -0.3 is 20.4 Å². The molecule has 3 rings (SSSR count). The summed E-state index contributed by atoms with van der Waals surface area (Å²) >= 11 is 0. The van der Waals surface area contributed by atoms with Gasteiger partial charge in [0.2, 0.25) is 0 Å². The van der Waals surface area contributed by atoms with Crippen LogP contribution in [0.15, 0.2) is 48.5 Å². The first-order valence-corrected chi connectivity index (χ1v) is 11.3. The number of likely N-dealkylation sites (tertiary alicyclic amines) is 1. The number of urea groups is 1. The van der Waals surface area contributed by atoms with Gasteiger partial charge in [-0.2, -0.15) is 0 Å². The predicted molar refractivity (Wildman–Crippen MR) is 128 cm³/mol. The number of carbonyl (C=O) groups is 2. The Morgan fingerprint density at radius 2 is 1.42 bits per heavy atom. The lowest BCUT2D eigenvalue weighted by atomic mass is 10.1. The maximum Gasteiger partial charge on any atom is 0.321 e. The van der Waals surface area contributed by atoms with Crippen molar-refractivity contribution >= 4 is 29.0 Å². The van der Waals surface area contributed by atoms with Crippen molar-refractivity contribution in [3.05, 3.63) is 54.1 Å². The van der Waals surface area contributed by atoms with Crippen LogP contribution in [-0.2, 0) is 0 Å². The number of amides is 3. The van der Waals surface area contributed by atoms with Crippen molar-refractivity contribution in [1.82, 2.24) is 4.90 Å². The van der Waals surface area contributed by atoms with Crippen LogP contribution in [-0.4, -0.2) is 42.5 Å². The van der Waals surface area contributed by atoms with Gasteiger partial charge in [-0.3, -0.25) is 4.79 Å². The van der Waals surface area contributed by atoms with Crippen LogP contribution in [0, 0.1) is 0 Å². The average molecular weight is 423 g/mol. The van der Waals surface area contributed by atoms with Gasteiger partial charge in [-0.15, -0.1) is 0 Å². The molecule has 1 heterocycles. The Labute approximate surface area is 185 Å². The predicted octanol–water partition coefficient (Wildman–Crippen LogP) is 5.58. The molecule has 0 spiro atoms. The van der Waals surface area contributed by atoms with E-state index in [1.807, 2.05) is 53.4 Å². The Morgan fingerprint density at radius 1 is 0.871 bits per heavy atom. The summed E-state index contributed by atoms with van der Waals surface area (Å²) in [6.07, 6.45) is 4.51. The highest BCUT2D eigenvalue weighted by Gasteiger charge is 2.15. The van der Waals surface area contributed by atoms with Gasteiger partial charge in [-0.1, -0.05) is 12.8 Å². The molecule has 1 saturated heterocycles. The Bertz CT molecular complexity index is 854. The van der Waals surface area contributed by atoms with Crippen molar-refractivity contribution in [2.75, 3.05) is 35.2 Å². The van der Waals surface area contributed by atoms with E-state index in [0.29, 0.717) is 17.3 Å². The number of carbonyl (C=O) groups excluding carboxylic acids is 2. The minimum Gasteiger partial charge on any atom is -0.369 e. The first-order chi connectivity index (χ1) is 15.0. The summed E-state index contributed by atoms with van der Waals surface area (Å²) in [5, 5.41) is 5.87. The molecular weight excluding hydrogens is 388 g/mol. The van der Waals surface area contributed by atoms with Gasteiger partial charge in [-0.05, 0) is 82.1 Å². The molecule has 2 N–H and O–H groups in total. The zero-order chi connectivity index (χ0) is 22.2. The third kappa shape index (κ3) is 6.23. The first kappa shape index (κ1) is 22.7. The molecule has 2 aromatic carbocycles. The van der Waals surface area contributed by atoms with Gasteiger partial charge in [0.25, 0.3) is 5.91 Å². The lowest BCUT2D eigenvalue weighted by Crippen LogP contribution is -2.35. The number of hydrogen-bond acceptors (Lipinski definition) is 3. The Kier molecular flexibility index (Phi) is 7.93. The molecule has 1 aliphatic rings. The van der Waals surface area contributed by atoms with E-state index in [1.165, 1.54) is 12.8 Å². The third-order valence-corrected chi connectivity index (χ3v) is 5.71. The summed E-state index contributed by atoms with van der Waals surface area (Å²) in [5.41, 5.74) is 3.14. The van der Waals surface area contributed by atoms with Crippen LogP contribution in [0.4, 0.5) is 21.9 Å². The molecule has 166 valence electrons. The average Bonchev–Trinajstić information content (AvgIpc) is 3.05. The normalized spacial score (nSPS) is 14.1. The van der Waals surface area contributed by atoms with Crippen molar-refractivity contribution in [3.8, 4) is 0 Å². The molecule has 0 saturated carbocycles. The minimum absolute atomic E-state index is 0.0544. The van der Waals surface area contributed by atoms with E-state index < -0.39 is 0 Å². The van der Waals surface area contributed by atoms with E-state index >= 15 is 0 Å². The summed E-state index contributed by atoms with van der Waals surface area (Å²) in [5.74, 6) is -0.152.